The van der Waals surface area contributed by atoms with Crippen LogP contribution in [0, 0.1) is 0 Å². The second-order valence-corrected chi connectivity index (χ2v) is 6.47. The van der Waals surface area contributed by atoms with Crippen LogP contribution in [0.1, 0.15) is 50.0 Å². The SMILES string of the molecule is COC(=O)CCN(Cc1ccc(C(=O)OC(C)(C)C)cc1)C(C)=O. The highest BCUT2D eigenvalue weighted by molar-refractivity contribution is 5.89. The van der Waals surface area contributed by atoms with E-state index in [1.165, 1.54) is 14.0 Å². The molecule has 0 aliphatic carbocycles. The van der Waals surface area contributed by atoms with Crippen LogP contribution < -0.4 is 0 Å². The first kappa shape index (κ1) is 19.7. The molecule has 6 nitrogen and oxygen atoms in total. The Morgan fingerprint density at radius 3 is 2.12 bits per heavy atom. The standard InChI is InChI=1S/C18H25NO5/c1-13(20)19(11-10-16(21)23-5)12-14-6-8-15(9-7-14)17(22)24-18(2,3)4/h6-9H,10-12H2,1-5H3. The lowest BCUT2D eigenvalue weighted by atomic mass is 10.1. The lowest BCUT2D eigenvalue weighted by Crippen LogP contribution is -2.30. The fourth-order valence-corrected chi connectivity index (χ4v) is 1.98. The van der Waals surface area contributed by atoms with E-state index in [1.807, 2.05) is 20.8 Å². The average Bonchev–Trinajstić information content (AvgIpc) is 2.49. The lowest BCUT2D eigenvalue weighted by molar-refractivity contribution is -0.141. The second-order valence-electron chi connectivity index (χ2n) is 6.47. The summed E-state index contributed by atoms with van der Waals surface area (Å²) in [6, 6.07) is 6.88. The van der Waals surface area contributed by atoms with Gasteiger partial charge < -0.3 is 14.4 Å². The van der Waals surface area contributed by atoms with E-state index >= 15 is 0 Å². The zero-order chi connectivity index (χ0) is 18.3. The van der Waals surface area contributed by atoms with Gasteiger partial charge in [0.15, 0.2) is 0 Å². The molecule has 0 saturated carbocycles. The molecule has 0 atom stereocenters. The van der Waals surface area contributed by atoms with Gasteiger partial charge in [-0.15, -0.1) is 0 Å². The van der Waals surface area contributed by atoms with Crippen LogP contribution in [0.3, 0.4) is 0 Å². The predicted molar refractivity (Wildman–Crippen MR) is 89.3 cm³/mol. The molecule has 0 unspecified atom stereocenters. The van der Waals surface area contributed by atoms with E-state index in [2.05, 4.69) is 4.74 Å². The van der Waals surface area contributed by atoms with Crippen LogP contribution in [0.4, 0.5) is 0 Å². The molecular formula is C18H25NO5. The summed E-state index contributed by atoms with van der Waals surface area (Å²) in [6.45, 7) is 7.53. The number of carbonyl (C=O) groups excluding carboxylic acids is 3. The minimum atomic E-state index is -0.547. The first-order valence-corrected chi connectivity index (χ1v) is 7.77. The lowest BCUT2D eigenvalue weighted by Gasteiger charge is -2.21. The van der Waals surface area contributed by atoms with Crippen molar-refractivity contribution in [3.8, 4) is 0 Å². The molecule has 0 aliphatic rings. The van der Waals surface area contributed by atoms with Crippen LogP contribution in [0.25, 0.3) is 0 Å². The molecule has 0 aromatic heterocycles. The maximum Gasteiger partial charge on any atom is 0.338 e. The Labute approximate surface area is 142 Å². The van der Waals surface area contributed by atoms with Gasteiger partial charge in [0.1, 0.15) is 5.60 Å². The molecule has 0 fully saturated rings. The zero-order valence-electron chi connectivity index (χ0n) is 14.9. The molecule has 24 heavy (non-hydrogen) atoms. The summed E-state index contributed by atoms with van der Waals surface area (Å²) in [5.41, 5.74) is 0.773. The van der Waals surface area contributed by atoms with Crippen molar-refractivity contribution in [1.29, 1.82) is 0 Å². The Hall–Kier alpha value is -2.37. The van der Waals surface area contributed by atoms with Crippen molar-refractivity contribution in [1.82, 2.24) is 4.90 Å². The second kappa shape index (κ2) is 8.47. The largest absolute Gasteiger partial charge is 0.469 e. The van der Waals surface area contributed by atoms with E-state index < -0.39 is 5.60 Å². The summed E-state index contributed by atoms with van der Waals surface area (Å²) >= 11 is 0. The molecule has 0 saturated heterocycles. The summed E-state index contributed by atoms with van der Waals surface area (Å²) < 4.78 is 9.89. The normalized spacial score (nSPS) is 10.9. The van der Waals surface area contributed by atoms with Crippen molar-refractivity contribution >= 4 is 17.8 Å². The number of hydrogen-bond donors (Lipinski definition) is 0. The fourth-order valence-electron chi connectivity index (χ4n) is 1.98. The monoisotopic (exact) mass is 335 g/mol. The van der Waals surface area contributed by atoms with E-state index in [9.17, 15) is 14.4 Å². The van der Waals surface area contributed by atoms with Crippen molar-refractivity contribution in [2.24, 2.45) is 0 Å². The Kier molecular flexibility index (Phi) is 6.95. The Bertz CT molecular complexity index is 586. The molecule has 0 bridgehead atoms. The van der Waals surface area contributed by atoms with Gasteiger partial charge in [-0.1, -0.05) is 12.1 Å². The van der Waals surface area contributed by atoms with Gasteiger partial charge in [0.2, 0.25) is 5.91 Å². The summed E-state index contributed by atoms with van der Waals surface area (Å²) in [5.74, 6) is -0.875. The third-order valence-electron chi connectivity index (χ3n) is 3.22. The maximum absolute atomic E-state index is 12.0. The molecule has 1 amide bonds. The number of nitrogens with zero attached hydrogens (tertiary/aromatic N) is 1. The highest BCUT2D eigenvalue weighted by Crippen LogP contribution is 2.14. The third-order valence-corrected chi connectivity index (χ3v) is 3.22. The average molecular weight is 335 g/mol. The molecule has 132 valence electrons. The zero-order valence-corrected chi connectivity index (χ0v) is 14.9. The van der Waals surface area contributed by atoms with Crippen LogP contribution in [-0.4, -0.2) is 42.0 Å². The van der Waals surface area contributed by atoms with Crippen molar-refractivity contribution in [3.63, 3.8) is 0 Å². The van der Waals surface area contributed by atoms with Gasteiger partial charge in [-0.25, -0.2) is 4.79 Å². The molecular weight excluding hydrogens is 310 g/mol. The van der Waals surface area contributed by atoms with Gasteiger partial charge in [-0.05, 0) is 38.5 Å². The minimum absolute atomic E-state index is 0.130. The number of benzene rings is 1. The fraction of sp³-hybridized carbons (Fsp3) is 0.500. The maximum atomic E-state index is 12.0. The third kappa shape index (κ3) is 6.81. The smallest absolute Gasteiger partial charge is 0.338 e. The number of rotatable bonds is 6. The van der Waals surface area contributed by atoms with Crippen LogP contribution >= 0.6 is 0 Å². The van der Waals surface area contributed by atoms with Crippen molar-refractivity contribution in [2.45, 2.75) is 46.3 Å². The van der Waals surface area contributed by atoms with Crippen LogP contribution in [0.15, 0.2) is 24.3 Å². The van der Waals surface area contributed by atoms with E-state index in [-0.39, 0.29) is 30.8 Å². The van der Waals surface area contributed by atoms with Crippen molar-refractivity contribution < 1.29 is 23.9 Å². The molecule has 0 radical (unpaired) electrons. The quantitative estimate of drug-likeness (QED) is 0.747. The van der Waals surface area contributed by atoms with Gasteiger partial charge in [-0.3, -0.25) is 9.59 Å². The van der Waals surface area contributed by atoms with E-state index in [4.69, 9.17) is 4.74 Å². The number of ether oxygens (including phenoxy) is 2. The number of esters is 2. The first-order chi connectivity index (χ1) is 11.1. The molecule has 0 spiro atoms. The minimum Gasteiger partial charge on any atom is -0.469 e. The van der Waals surface area contributed by atoms with E-state index in [0.29, 0.717) is 12.1 Å². The van der Waals surface area contributed by atoms with Gasteiger partial charge in [0.05, 0.1) is 19.1 Å². The molecule has 1 aromatic rings. The number of carbonyl (C=O) groups is 3. The molecule has 1 rings (SSSR count). The predicted octanol–water partition coefficient (Wildman–Crippen LogP) is 2.55. The molecule has 1 aromatic carbocycles. The first-order valence-electron chi connectivity index (χ1n) is 7.77. The van der Waals surface area contributed by atoms with Gasteiger partial charge in [-0.2, -0.15) is 0 Å². The molecule has 0 heterocycles. The summed E-state index contributed by atoms with van der Waals surface area (Å²) in [5, 5.41) is 0. The summed E-state index contributed by atoms with van der Waals surface area (Å²) in [6.07, 6.45) is 0.145. The van der Waals surface area contributed by atoms with Crippen molar-refractivity contribution in [2.75, 3.05) is 13.7 Å². The Morgan fingerprint density at radius 2 is 1.67 bits per heavy atom. The van der Waals surface area contributed by atoms with E-state index in [0.717, 1.165) is 5.56 Å². The summed E-state index contributed by atoms with van der Waals surface area (Å²) in [7, 11) is 1.32. The van der Waals surface area contributed by atoms with E-state index in [1.54, 1.807) is 29.2 Å². The molecule has 0 N–H and O–H groups in total. The van der Waals surface area contributed by atoms with Crippen LogP contribution in [0.2, 0.25) is 0 Å². The van der Waals surface area contributed by atoms with Gasteiger partial charge >= 0.3 is 11.9 Å². The van der Waals surface area contributed by atoms with Gasteiger partial charge in [0, 0.05) is 20.0 Å². The topological polar surface area (TPSA) is 72.9 Å². The van der Waals surface area contributed by atoms with Crippen LogP contribution in [-0.2, 0) is 25.6 Å². The molecule has 6 heteroatoms. The van der Waals surface area contributed by atoms with Crippen molar-refractivity contribution in [3.05, 3.63) is 35.4 Å². The highest BCUT2D eigenvalue weighted by Gasteiger charge is 2.18. The highest BCUT2D eigenvalue weighted by atomic mass is 16.6. The van der Waals surface area contributed by atoms with Crippen LogP contribution in [0.5, 0.6) is 0 Å². The van der Waals surface area contributed by atoms with Gasteiger partial charge in [0.25, 0.3) is 0 Å². The number of methoxy groups -OCH3 is 1. The number of hydrogen-bond acceptors (Lipinski definition) is 5. The molecule has 0 aliphatic heterocycles. The number of amides is 1. The summed E-state index contributed by atoms with van der Waals surface area (Å²) in [4.78, 5) is 36.4. The Morgan fingerprint density at radius 1 is 1.08 bits per heavy atom. The Balaban J connectivity index is 2.71.